The molecule has 1 fully saturated rings. The Morgan fingerprint density at radius 2 is 1.65 bits per heavy atom. The van der Waals surface area contributed by atoms with Gasteiger partial charge in [-0.1, -0.05) is 38.0 Å². The SMILES string of the molecule is CC(C)N1C(=O)c2ccc(NC(=O)N(Cc3ccc(C(=O)Nc4nn[nH]n4)cc3)C3CCC(C(C)(C)C)CC3)cc2C1=O. The van der Waals surface area contributed by atoms with Crippen molar-refractivity contribution in [2.45, 2.75) is 78.9 Å². The summed E-state index contributed by atoms with van der Waals surface area (Å²) in [4.78, 5) is 55.1. The summed E-state index contributed by atoms with van der Waals surface area (Å²) in [5.41, 5.74) is 2.58. The average Bonchev–Trinajstić information content (AvgIpc) is 3.57. The highest BCUT2D eigenvalue weighted by atomic mass is 16.2. The van der Waals surface area contributed by atoms with Crippen LogP contribution in [0.1, 0.15) is 96.9 Å². The predicted molar refractivity (Wildman–Crippen MR) is 160 cm³/mol. The van der Waals surface area contributed by atoms with Gasteiger partial charge < -0.3 is 10.2 Å². The summed E-state index contributed by atoms with van der Waals surface area (Å²) >= 11 is 0. The van der Waals surface area contributed by atoms with Crippen LogP contribution in [-0.2, 0) is 6.54 Å². The molecular weight excluding hydrogens is 548 g/mol. The quantitative estimate of drug-likeness (QED) is 0.326. The molecule has 3 aromatic rings. The van der Waals surface area contributed by atoms with Crippen LogP contribution in [-0.4, -0.2) is 66.3 Å². The molecule has 3 N–H and O–H groups in total. The minimum Gasteiger partial charge on any atom is -0.317 e. The van der Waals surface area contributed by atoms with E-state index in [0.29, 0.717) is 34.8 Å². The second-order valence-corrected chi connectivity index (χ2v) is 12.7. The number of aromatic nitrogens is 4. The lowest BCUT2D eigenvalue weighted by molar-refractivity contribution is 0.0608. The Hall–Kier alpha value is -4.61. The average molecular weight is 587 g/mol. The molecule has 0 bridgehead atoms. The number of nitrogens with zero attached hydrogens (tertiary/aromatic N) is 5. The fraction of sp³-hybridized carbons (Fsp3) is 0.452. The zero-order valence-electron chi connectivity index (χ0n) is 25.2. The number of imide groups is 1. The van der Waals surface area contributed by atoms with Crippen molar-refractivity contribution in [2.24, 2.45) is 11.3 Å². The summed E-state index contributed by atoms with van der Waals surface area (Å²) in [5, 5.41) is 18.7. The summed E-state index contributed by atoms with van der Waals surface area (Å²) in [6.07, 6.45) is 3.80. The number of tetrazole rings is 1. The van der Waals surface area contributed by atoms with E-state index < -0.39 is 0 Å². The van der Waals surface area contributed by atoms with E-state index in [0.717, 1.165) is 31.2 Å². The number of aromatic amines is 1. The van der Waals surface area contributed by atoms with Gasteiger partial charge in [-0.15, -0.1) is 5.10 Å². The van der Waals surface area contributed by atoms with Gasteiger partial charge in [0, 0.05) is 29.9 Å². The molecule has 1 aromatic heterocycles. The highest BCUT2D eigenvalue weighted by Gasteiger charge is 2.38. The molecule has 1 saturated carbocycles. The van der Waals surface area contributed by atoms with Crippen LogP contribution in [0.3, 0.4) is 0 Å². The maximum absolute atomic E-state index is 13.8. The number of anilines is 2. The fourth-order valence-electron chi connectivity index (χ4n) is 5.97. The standard InChI is InChI=1S/C31H38N8O4/c1-18(2)39-27(41)24-15-12-22(16-25(24)28(39)42)32-30(43)38(23-13-10-21(11-14-23)31(3,4)5)17-19-6-8-20(9-7-19)26(40)33-29-34-36-37-35-29/h6-9,12,15-16,18,21,23H,10-11,13-14,17H2,1-5H3,(H,32,43)(H2,33,34,35,36,37,40). The van der Waals surface area contributed by atoms with Gasteiger partial charge in [0.25, 0.3) is 23.7 Å². The van der Waals surface area contributed by atoms with Crippen LogP contribution >= 0.6 is 0 Å². The van der Waals surface area contributed by atoms with Crippen molar-refractivity contribution in [3.8, 4) is 0 Å². The summed E-state index contributed by atoms with van der Waals surface area (Å²) in [7, 11) is 0. The first-order valence-electron chi connectivity index (χ1n) is 14.7. The van der Waals surface area contributed by atoms with Crippen LogP contribution in [0.15, 0.2) is 42.5 Å². The largest absolute Gasteiger partial charge is 0.322 e. The topological polar surface area (TPSA) is 153 Å². The van der Waals surface area contributed by atoms with E-state index in [1.165, 1.54) is 4.90 Å². The summed E-state index contributed by atoms with van der Waals surface area (Å²) < 4.78 is 0. The molecular formula is C31H38N8O4. The molecule has 0 spiro atoms. The molecule has 0 radical (unpaired) electrons. The third kappa shape index (κ3) is 6.42. The molecule has 43 heavy (non-hydrogen) atoms. The van der Waals surface area contributed by atoms with Crippen molar-refractivity contribution >= 4 is 35.4 Å². The third-order valence-electron chi connectivity index (χ3n) is 8.45. The van der Waals surface area contributed by atoms with E-state index in [9.17, 15) is 19.2 Å². The smallest absolute Gasteiger partial charge is 0.317 e. The van der Waals surface area contributed by atoms with Crippen LogP contribution in [0.4, 0.5) is 16.4 Å². The monoisotopic (exact) mass is 586 g/mol. The third-order valence-corrected chi connectivity index (χ3v) is 8.45. The second-order valence-electron chi connectivity index (χ2n) is 12.7. The van der Waals surface area contributed by atoms with Gasteiger partial charge in [0.15, 0.2) is 0 Å². The van der Waals surface area contributed by atoms with Crippen LogP contribution in [0.25, 0.3) is 0 Å². The Morgan fingerprint density at radius 1 is 0.977 bits per heavy atom. The molecule has 226 valence electrons. The summed E-state index contributed by atoms with van der Waals surface area (Å²) in [6, 6.07) is 11.4. The highest BCUT2D eigenvalue weighted by molar-refractivity contribution is 6.22. The zero-order valence-corrected chi connectivity index (χ0v) is 25.2. The van der Waals surface area contributed by atoms with Crippen molar-refractivity contribution < 1.29 is 19.2 Å². The normalized spacial score (nSPS) is 18.5. The molecule has 0 atom stereocenters. The van der Waals surface area contributed by atoms with E-state index in [1.54, 1.807) is 44.2 Å². The number of carbonyl (C=O) groups excluding carboxylic acids is 4. The molecule has 5 amide bonds. The number of amides is 5. The van der Waals surface area contributed by atoms with Gasteiger partial charge in [0.1, 0.15) is 0 Å². The van der Waals surface area contributed by atoms with Crippen molar-refractivity contribution in [1.82, 2.24) is 30.4 Å². The first kappa shape index (κ1) is 29.9. The van der Waals surface area contributed by atoms with Gasteiger partial charge in [-0.2, -0.15) is 5.21 Å². The first-order chi connectivity index (χ1) is 20.4. The molecule has 2 aromatic carbocycles. The molecule has 12 nitrogen and oxygen atoms in total. The Kier molecular flexibility index (Phi) is 8.30. The number of rotatable bonds is 7. The minimum absolute atomic E-state index is 0.0221. The van der Waals surface area contributed by atoms with E-state index in [4.69, 9.17) is 0 Å². The van der Waals surface area contributed by atoms with Crippen molar-refractivity contribution in [2.75, 3.05) is 10.6 Å². The van der Waals surface area contributed by atoms with Crippen molar-refractivity contribution in [3.63, 3.8) is 0 Å². The maximum Gasteiger partial charge on any atom is 0.322 e. The molecule has 0 saturated heterocycles. The number of H-pyrrole nitrogens is 1. The van der Waals surface area contributed by atoms with Gasteiger partial charge in [-0.05, 0) is 92.0 Å². The number of benzene rings is 2. The van der Waals surface area contributed by atoms with Gasteiger partial charge in [0.05, 0.1) is 11.1 Å². The Balaban J connectivity index is 1.34. The number of fused-ring (bicyclic) bond motifs is 1. The Morgan fingerprint density at radius 3 is 2.26 bits per heavy atom. The van der Waals surface area contributed by atoms with Gasteiger partial charge in [-0.3, -0.25) is 24.6 Å². The molecule has 12 heteroatoms. The first-order valence-corrected chi connectivity index (χ1v) is 14.7. The summed E-state index contributed by atoms with van der Waals surface area (Å²) in [5.74, 6) is -0.387. The Labute approximate surface area is 250 Å². The molecule has 5 rings (SSSR count). The van der Waals surface area contributed by atoms with Gasteiger partial charge in [-0.25, -0.2) is 4.79 Å². The molecule has 2 aliphatic rings. The van der Waals surface area contributed by atoms with Gasteiger partial charge in [0.2, 0.25) is 0 Å². The van der Waals surface area contributed by atoms with E-state index in [2.05, 4.69) is 52.0 Å². The Bertz CT molecular complexity index is 1500. The van der Waals surface area contributed by atoms with Crippen LogP contribution in [0.2, 0.25) is 0 Å². The number of urea groups is 1. The number of carbonyl (C=O) groups is 4. The van der Waals surface area contributed by atoms with Crippen LogP contribution < -0.4 is 10.6 Å². The molecule has 1 aliphatic heterocycles. The van der Waals surface area contributed by atoms with Crippen molar-refractivity contribution in [1.29, 1.82) is 0 Å². The van der Waals surface area contributed by atoms with E-state index >= 15 is 0 Å². The summed E-state index contributed by atoms with van der Waals surface area (Å²) in [6.45, 7) is 10.7. The molecule has 0 unspecified atom stereocenters. The lowest BCUT2D eigenvalue weighted by Crippen LogP contribution is -2.45. The lowest BCUT2D eigenvalue weighted by Gasteiger charge is -2.41. The highest BCUT2D eigenvalue weighted by Crippen LogP contribution is 2.39. The minimum atomic E-state index is -0.372. The molecule has 1 aliphatic carbocycles. The number of hydrogen-bond donors (Lipinski definition) is 3. The fourth-order valence-corrected chi connectivity index (χ4v) is 5.97. The molecule has 2 heterocycles. The van der Waals surface area contributed by atoms with Crippen LogP contribution in [0.5, 0.6) is 0 Å². The second kappa shape index (κ2) is 11.9. The predicted octanol–water partition coefficient (Wildman–Crippen LogP) is 5.10. The van der Waals surface area contributed by atoms with Crippen LogP contribution in [0, 0.1) is 11.3 Å². The van der Waals surface area contributed by atoms with E-state index in [-0.39, 0.29) is 47.2 Å². The van der Waals surface area contributed by atoms with Gasteiger partial charge >= 0.3 is 6.03 Å². The van der Waals surface area contributed by atoms with Crippen molar-refractivity contribution in [3.05, 3.63) is 64.7 Å². The zero-order chi connectivity index (χ0) is 30.9. The number of hydrogen-bond acceptors (Lipinski definition) is 7. The number of nitrogens with one attached hydrogen (secondary N) is 3. The lowest BCUT2D eigenvalue weighted by atomic mass is 9.71. The van der Waals surface area contributed by atoms with E-state index in [1.807, 2.05) is 17.0 Å². The maximum atomic E-state index is 13.8.